The lowest BCUT2D eigenvalue weighted by atomic mass is 9.88. The van der Waals surface area contributed by atoms with Crippen LogP contribution < -0.4 is 15.5 Å². The highest BCUT2D eigenvalue weighted by Crippen LogP contribution is 2.22. The molecule has 2 amide bonds. The molecule has 1 fully saturated rings. The van der Waals surface area contributed by atoms with E-state index in [1.807, 2.05) is 24.5 Å². The highest BCUT2D eigenvalue weighted by Gasteiger charge is 2.22. The van der Waals surface area contributed by atoms with Crippen molar-refractivity contribution in [1.82, 2.24) is 15.6 Å². The molecule has 1 aromatic rings. The van der Waals surface area contributed by atoms with Gasteiger partial charge in [-0.05, 0) is 42.7 Å². The number of urea groups is 1. The summed E-state index contributed by atoms with van der Waals surface area (Å²) in [6.07, 6.45) is 6.52. The molecule has 1 aliphatic rings. The van der Waals surface area contributed by atoms with E-state index in [1.165, 1.54) is 5.69 Å². The Hall–Kier alpha value is -1.82. The van der Waals surface area contributed by atoms with Gasteiger partial charge in [-0.25, -0.2) is 4.79 Å². The van der Waals surface area contributed by atoms with Gasteiger partial charge < -0.3 is 20.6 Å². The van der Waals surface area contributed by atoms with Gasteiger partial charge >= 0.3 is 6.03 Å². The minimum absolute atomic E-state index is 0.0327. The number of aliphatic hydroxyl groups excluding tert-OH is 1. The second kappa shape index (κ2) is 9.04. The zero-order valence-electron chi connectivity index (χ0n) is 15.7. The zero-order valence-corrected chi connectivity index (χ0v) is 15.7. The molecule has 25 heavy (non-hydrogen) atoms. The molecule has 0 saturated carbocycles. The minimum Gasteiger partial charge on any atom is -0.394 e. The molecule has 0 bridgehead atoms. The fraction of sp³-hybridized carbons (Fsp3) is 0.684. The number of anilines is 1. The van der Waals surface area contributed by atoms with Crippen molar-refractivity contribution in [2.45, 2.75) is 46.1 Å². The Morgan fingerprint density at radius 3 is 2.52 bits per heavy atom. The molecular formula is C19H32N4O2. The van der Waals surface area contributed by atoms with E-state index >= 15 is 0 Å². The van der Waals surface area contributed by atoms with Crippen molar-refractivity contribution < 1.29 is 9.90 Å². The van der Waals surface area contributed by atoms with Gasteiger partial charge in [0.2, 0.25) is 0 Å². The molecule has 0 radical (unpaired) electrons. The smallest absolute Gasteiger partial charge is 0.315 e. The first-order chi connectivity index (χ1) is 11.9. The fourth-order valence-electron chi connectivity index (χ4n) is 3.32. The van der Waals surface area contributed by atoms with E-state index in [0.717, 1.165) is 32.4 Å². The quantitative estimate of drug-likeness (QED) is 0.738. The Bertz CT molecular complexity index is 522. The number of carbonyl (C=O) groups is 1. The van der Waals surface area contributed by atoms with Crippen molar-refractivity contribution in [2.24, 2.45) is 11.3 Å². The number of amides is 2. The van der Waals surface area contributed by atoms with Crippen LogP contribution in [0.1, 0.15) is 40.0 Å². The third-order valence-corrected chi connectivity index (χ3v) is 4.61. The molecule has 3 N–H and O–H groups in total. The summed E-state index contributed by atoms with van der Waals surface area (Å²) in [5.41, 5.74) is 1.28. The maximum atomic E-state index is 12.1. The van der Waals surface area contributed by atoms with E-state index in [4.69, 9.17) is 0 Å². The second-order valence-corrected chi connectivity index (χ2v) is 8.13. The second-order valence-electron chi connectivity index (χ2n) is 8.13. The van der Waals surface area contributed by atoms with Gasteiger partial charge in [0.15, 0.2) is 0 Å². The molecule has 0 spiro atoms. The highest BCUT2D eigenvalue weighted by atomic mass is 16.3. The van der Waals surface area contributed by atoms with Crippen LogP contribution in [0.25, 0.3) is 0 Å². The maximum absolute atomic E-state index is 12.1. The molecule has 1 aromatic heterocycles. The van der Waals surface area contributed by atoms with Crippen molar-refractivity contribution in [3.05, 3.63) is 24.5 Å². The molecule has 140 valence electrons. The van der Waals surface area contributed by atoms with Gasteiger partial charge in [-0.15, -0.1) is 0 Å². The van der Waals surface area contributed by atoms with E-state index in [1.54, 1.807) is 0 Å². The topological polar surface area (TPSA) is 77.5 Å². The lowest BCUT2D eigenvalue weighted by Crippen LogP contribution is -2.47. The molecule has 2 heterocycles. The van der Waals surface area contributed by atoms with Gasteiger partial charge in [0.25, 0.3) is 0 Å². The van der Waals surface area contributed by atoms with E-state index in [2.05, 4.69) is 41.3 Å². The number of rotatable bonds is 6. The molecule has 6 heteroatoms. The predicted molar refractivity (Wildman–Crippen MR) is 101 cm³/mol. The SMILES string of the molecule is CC(C)(C)CC(CO)NC(=O)NCC1CCN(c2ccncc2)CC1. The van der Waals surface area contributed by atoms with Gasteiger partial charge in [0.1, 0.15) is 0 Å². The van der Waals surface area contributed by atoms with Crippen molar-refractivity contribution >= 4 is 11.7 Å². The summed E-state index contributed by atoms with van der Waals surface area (Å²) in [7, 11) is 0. The zero-order chi connectivity index (χ0) is 18.3. The molecule has 1 unspecified atom stereocenters. The Morgan fingerprint density at radius 1 is 1.32 bits per heavy atom. The number of piperidine rings is 1. The Kier molecular flexibility index (Phi) is 7.05. The summed E-state index contributed by atoms with van der Waals surface area (Å²) in [6.45, 7) is 8.96. The van der Waals surface area contributed by atoms with Crippen LogP contribution in [0.4, 0.5) is 10.5 Å². The average molecular weight is 348 g/mol. The summed E-state index contributed by atoms with van der Waals surface area (Å²) in [6, 6.07) is 3.69. The van der Waals surface area contributed by atoms with Crippen LogP contribution >= 0.6 is 0 Å². The number of nitrogens with zero attached hydrogens (tertiary/aromatic N) is 2. The van der Waals surface area contributed by atoms with Gasteiger partial charge in [0, 0.05) is 37.7 Å². The minimum atomic E-state index is -0.200. The highest BCUT2D eigenvalue weighted by molar-refractivity contribution is 5.74. The first kappa shape index (κ1) is 19.5. The number of carbonyl (C=O) groups excluding carboxylic acids is 1. The van der Waals surface area contributed by atoms with Gasteiger partial charge in [-0.2, -0.15) is 0 Å². The molecule has 2 rings (SSSR count). The van der Waals surface area contributed by atoms with Crippen LogP contribution in [0, 0.1) is 11.3 Å². The molecule has 1 saturated heterocycles. The Morgan fingerprint density at radius 2 is 1.96 bits per heavy atom. The Labute approximate surface area is 151 Å². The van der Waals surface area contributed by atoms with Crippen LogP contribution in [0.3, 0.4) is 0 Å². The van der Waals surface area contributed by atoms with Gasteiger partial charge in [-0.3, -0.25) is 4.98 Å². The summed E-state index contributed by atoms with van der Waals surface area (Å²) < 4.78 is 0. The monoisotopic (exact) mass is 348 g/mol. The summed E-state index contributed by atoms with van der Waals surface area (Å²) in [5, 5.41) is 15.3. The van der Waals surface area contributed by atoms with Crippen LogP contribution in [0.5, 0.6) is 0 Å². The molecule has 1 atom stereocenters. The predicted octanol–water partition coefficient (Wildman–Crippen LogP) is 2.39. The standard InChI is InChI=1S/C19H32N4O2/c1-19(2,3)12-16(14-24)22-18(25)21-13-15-6-10-23(11-7-15)17-4-8-20-9-5-17/h4-5,8-9,15-16,24H,6-7,10-14H2,1-3H3,(H2,21,22,25). The average Bonchev–Trinajstić information content (AvgIpc) is 2.59. The lowest BCUT2D eigenvalue weighted by molar-refractivity contribution is 0.190. The third-order valence-electron chi connectivity index (χ3n) is 4.61. The Balaban J connectivity index is 1.69. The van der Waals surface area contributed by atoms with Gasteiger partial charge in [0.05, 0.1) is 12.6 Å². The van der Waals surface area contributed by atoms with Crippen LogP contribution in [-0.4, -0.2) is 48.4 Å². The molecule has 0 aliphatic carbocycles. The normalized spacial score (nSPS) is 17.2. The van der Waals surface area contributed by atoms with Crippen LogP contribution in [0.2, 0.25) is 0 Å². The first-order valence-electron chi connectivity index (χ1n) is 9.17. The fourth-order valence-corrected chi connectivity index (χ4v) is 3.32. The number of hydrogen-bond acceptors (Lipinski definition) is 4. The number of hydrogen-bond donors (Lipinski definition) is 3. The summed E-state index contributed by atoms with van der Waals surface area (Å²) >= 11 is 0. The number of aromatic nitrogens is 1. The number of nitrogens with one attached hydrogen (secondary N) is 2. The van der Waals surface area contributed by atoms with E-state index in [-0.39, 0.29) is 24.1 Å². The van der Waals surface area contributed by atoms with E-state index in [0.29, 0.717) is 12.5 Å². The number of pyridine rings is 1. The lowest BCUT2D eigenvalue weighted by Gasteiger charge is -2.33. The maximum Gasteiger partial charge on any atom is 0.315 e. The molecule has 6 nitrogen and oxygen atoms in total. The first-order valence-corrected chi connectivity index (χ1v) is 9.17. The summed E-state index contributed by atoms with van der Waals surface area (Å²) in [4.78, 5) is 18.5. The van der Waals surface area contributed by atoms with E-state index in [9.17, 15) is 9.90 Å². The largest absolute Gasteiger partial charge is 0.394 e. The molecule has 0 aromatic carbocycles. The van der Waals surface area contributed by atoms with E-state index < -0.39 is 0 Å². The van der Waals surface area contributed by atoms with Gasteiger partial charge in [-0.1, -0.05) is 20.8 Å². The van der Waals surface area contributed by atoms with Crippen LogP contribution in [-0.2, 0) is 0 Å². The third kappa shape index (κ3) is 6.90. The van der Waals surface area contributed by atoms with Crippen molar-refractivity contribution in [1.29, 1.82) is 0 Å². The van der Waals surface area contributed by atoms with Crippen molar-refractivity contribution in [2.75, 3.05) is 31.1 Å². The molecular weight excluding hydrogens is 316 g/mol. The number of aliphatic hydroxyl groups is 1. The molecule has 1 aliphatic heterocycles. The van der Waals surface area contributed by atoms with Crippen LogP contribution in [0.15, 0.2) is 24.5 Å². The van der Waals surface area contributed by atoms with Crippen molar-refractivity contribution in [3.8, 4) is 0 Å². The van der Waals surface area contributed by atoms with Crippen molar-refractivity contribution in [3.63, 3.8) is 0 Å². The summed E-state index contributed by atoms with van der Waals surface area (Å²) in [5.74, 6) is 0.499.